The van der Waals surface area contributed by atoms with Crippen LogP contribution < -0.4 is 10.0 Å². The summed E-state index contributed by atoms with van der Waals surface area (Å²) in [4.78, 5) is 0. The summed E-state index contributed by atoms with van der Waals surface area (Å²) >= 11 is 5.56. The summed E-state index contributed by atoms with van der Waals surface area (Å²) in [5, 5.41) is 3.00. The molecule has 7 heteroatoms. The topological polar surface area (TPSA) is 58.2 Å². The van der Waals surface area contributed by atoms with Gasteiger partial charge in [-0.05, 0) is 83.2 Å². The van der Waals surface area contributed by atoms with Crippen LogP contribution in [0.5, 0.6) is 0 Å². The van der Waals surface area contributed by atoms with Crippen molar-refractivity contribution in [3.8, 4) is 0 Å². The van der Waals surface area contributed by atoms with E-state index in [9.17, 15) is 8.42 Å². The zero-order valence-corrected chi connectivity index (χ0v) is 14.6. The number of rotatable bonds is 7. The Hall–Kier alpha value is 0.140. The Morgan fingerprint density at radius 3 is 2.67 bits per heavy atom. The zero-order valence-electron chi connectivity index (χ0n) is 10.0. The molecule has 1 aromatic rings. The lowest BCUT2D eigenvalue weighted by Crippen LogP contribution is -2.18. The van der Waals surface area contributed by atoms with Gasteiger partial charge in [-0.2, -0.15) is 0 Å². The Balaban J connectivity index is 2.56. The van der Waals surface area contributed by atoms with E-state index in [1.54, 1.807) is 12.1 Å². The SMILES string of the molecule is CNCCCCS(=O)(=O)Nc1ccc(I)c(Br)c1. The van der Waals surface area contributed by atoms with Gasteiger partial charge in [0.2, 0.25) is 10.0 Å². The largest absolute Gasteiger partial charge is 0.320 e. The minimum absolute atomic E-state index is 0.151. The second-order valence-corrected chi connectivity index (χ2v) is 7.72. The van der Waals surface area contributed by atoms with E-state index in [2.05, 4.69) is 48.6 Å². The van der Waals surface area contributed by atoms with E-state index in [-0.39, 0.29) is 5.75 Å². The number of hydrogen-bond donors (Lipinski definition) is 2. The summed E-state index contributed by atoms with van der Waals surface area (Å²) in [7, 11) is -1.39. The average Bonchev–Trinajstić information content (AvgIpc) is 2.29. The second-order valence-electron chi connectivity index (χ2n) is 3.86. The highest BCUT2D eigenvalue weighted by Crippen LogP contribution is 2.23. The van der Waals surface area contributed by atoms with Gasteiger partial charge in [0.05, 0.1) is 5.75 Å². The molecule has 0 aromatic heterocycles. The molecule has 1 aromatic carbocycles. The molecule has 4 nitrogen and oxygen atoms in total. The fraction of sp³-hybridized carbons (Fsp3) is 0.455. The Kier molecular flexibility index (Phi) is 6.89. The van der Waals surface area contributed by atoms with Gasteiger partial charge >= 0.3 is 0 Å². The third-order valence-corrected chi connectivity index (χ3v) is 5.99. The fourth-order valence-electron chi connectivity index (χ4n) is 1.38. The highest BCUT2D eigenvalue weighted by atomic mass is 127. The molecule has 0 aliphatic heterocycles. The van der Waals surface area contributed by atoms with Crippen LogP contribution in [0.25, 0.3) is 0 Å². The number of benzene rings is 1. The first-order chi connectivity index (χ1) is 8.44. The highest BCUT2D eigenvalue weighted by Gasteiger charge is 2.10. The summed E-state index contributed by atoms with van der Waals surface area (Å²) in [5.41, 5.74) is 0.593. The van der Waals surface area contributed by atoms with Crippen molar-refractivity contribution in [2.75, 3.05) is 24.1 Å². The summed E-state index contributed by atoms with van der Waals surface area (Å²) in [5.74, 6) is 0.151. The van der Waals surface area contributed by atoms with Crippen LogP contribution in [0.3, 0.4) is 0 Å². The maximum Gasteiger partial charge on any atom is 0.232 e. The van der Waals surface area contributed by atoms with Gasteiger partial charge in [-0.3, -0.25) is 4.72 Å². The molecule has 102 valence electrons. The van der Waals surface area contributed by atoms with Crippen molar-refractivity contribution in [1.82, 2.24) is 5.32 Å². The van der Waals surface area contributed by atoms with Crippen LogP contribution in [0, 0.1) is 3.57 Å². The van der Waals surface area contributed by atoms with Gasteiger partial charge in [0.25, 0.3) is 0 Å². The lowest BCUT2D eigenvalue weighted by molar-refractivity contribution is 0.595. The standard InChI is InChI=1S/C11H16BrIN2O2S/c1-14-6-2-3-7-18(16,17)15-9-4-5-11(13)10(12)8-9/h4-5,8,14-15H,2-3,6-7H2,1H3. The first-order valence-electron chi connectivity index (χ1n) is 5.55. The average molecular weight is 447 g/mol. The van der Waals surface area contributed by atoms with Gasteiger partial charge in [-0.15, -0.1) is 0 Å². The van der Waals surface area contributed by atoms with Crippen molar-refractivity contribution >= 4 is 54.2 Å². The Morgan fingerprint density at radius 1 is 1.33 bits per heavy atom. The van der Waals surface area contributed by atoms with E-state index >= 15 is 0 Å². The molecule has 0 saturated carbocycles. The quantitative estimate of drug-likeness (QED) is 0.500. The van der Waals surface area contributed by atoms with Crippen LogP contribution in [0.2, 0.25) is 0 Å². The third-order valence-electron chi connectivity index (χ3n) is 2.28. The highest BCUT2D eigenvalue weighted by molar-refractivity contribution is 14.1. The van der Waals surface area contributed by atoms with E-state index in [1.165, 1.54) is 0 Å². The van der Waals surface area contributed by atoms with Crippen LogP contribution in [-0.4, -0.2) is 27.8 Å². The van der Waals surface area contributed by atoms with Crippen LogP contribution >= 0.6 is 38.5 Å². The van der Waals surface area contributed by atoms with Gasteiger partial charge in [-0.1, -0.05) is 0 Å². The normalized spacial score (nSPS) is 11.5. The molecular weight excluding hydrogens is 431 g/mol. The number of unbranched alkanes of at least 4 members (excludes halogenated alkanes) is 1. The van der Waals surface area contributed by atoms with E-state index in [0.29, 0.717) is 12.1 Å². The number of hydrogen-bond acceptors (Lipinski definition) is 3. The van der Waals surface area contributed by atoms with Gasteiger partial charge < -0.3 is 5.32 Å². The maximum absolute atomic E-state index is 11.8. The van der Waals surface area contributed by atoms with Crippen molar-refractivity contribution in [2.24, 2.45) is 0 Å². The summed E-state index contributed by atoms with van der Waals surface area (Å²) in [6.45, 7) is 0.838. The van der Waals surface area contributed by atoms with Gasteiger partial charge in [0.15, 0.2) is 0 Å². The van der Waals surface area contributed by atoms with Crippen molar-refractivity contribution in [2.45, 2.75) is 12.8 Å². The molecule has 0 atom stereocenters. The van der Waals surface area contributed by atoms with E-state index in [1.807, 2.05) is 13.1 Å². The smallest absolute Gasteiger partial charge is 0.232 e. The molecule has 0 bridgehead atoms. The predicted octanol–water partition coefficient (Wildman–Crippen LogP) is 2.80. The number of anilines is 1. The van der Waals surface area contributed by atoms with Gasteiger partial charge in [0, 0.05) is 13.7 Å². The summed E-state index contributed by atoms with van der Waals surface area (Å²) in [6.07, 6.45) is 1.51. The second kappa shape index (κ2) is 7.66. The molecule has 18 heavy (non-hydrogen) atoms. The molecule has 0 radical (unpaired) electrons. The molecule has 0 unspecified atom stereocenters. The van der Waals surface area contributed by atoms with Crippen molar-refractivity contribution in [3.05, 3.63) is 26.2 Å². The number of sulfonamides is 1. The van der Waals surface area contributed by atoms with E-state index < -0.39 is 10.0 Å². The molecule has 0 saturated heterocycles. The Bertz CT molecular complexity index is 494. The summed E-state index contributed by atoms with van der Waals surface area (Å²) < 4.78 is 28.1. The molecule has 0 aliphatic rings. The Labute approximate surface area is 130 Å². The first kappa shape index (κ1) is 16.2. The van der Waals surface area contributed by atoms with Crippen molar-refractivity contribution < 1.29 is 8.42 Å². The van der Waals surface area contributed by atoms with E-state index in [4.69, 9.17) is 0 Å². The van der Waals surface area contributed by atoms with E-state index in [0.717, 1.165) is 21.0 Å². The van der Waals surface area contributed by atoms with Crippen LogP contribution in [-0.2, 0) is 10.0 Å². The van der Waals surface area contributed by atoms with Crippen LogP contribution in [0.1, 0.15) is 12.8 Å². The number of halogens is 2. The summed E-state index contributed by atoms with van der Waals surface area (Å²) in [6, 6.07) is 5.40. The van der Waals surface area contributed by atoms with Crippen LogP contribution in [0.15, 0.2) is 22.7 Å². The lowest BCUT2D eigenvalue weighted by Gasteiger charge is -2.08. The van der Waals surface area contributed by atoms with Crippen molar-refractivity contribution in [3.63, 3.8) is 0 Å². The fourth-order valence-corrected chi connectivity index (χ4v) is 3.27. The monoisotopic (exact) mass is 446 g/mol. The third kappa shape index (κ3) is 5.85. The minimum atomic E-state index is -3.25. The van der Waals surface area contributed by atoms with Gasteiger partial charge in [0.1, 0.15) is 0 Å². The molecule has 0 aliphatic carbocycles. The zero-order chi connectivity index (χ0) is 13.6. The van der Waals surface area contributed by atoms with Gasteiger partial charge in [-0.25, -0.2) is 8.42 Å². The predicted molar refractivity (Wildman–Crippen MR) is 87.4 cm³/mol. The molecule has 0 spiro atoms. The number of nitrogens with one attached hydrogen (secondary N) is 2. The molecule has 1 rings (SSSR count). The molecule has 2 N–H and O–H groups in total. The first-order valence-corrected chi connectivity index (χ1v) is 9.07. The molecule has 0 heterocycles. The molecule has 0 fully saturated rings. The van der Waals surface area contributed by atoms with Crippen LogP contribution in [0.4, 0.5) is 5.69 Å². The van der Waals surface area contributed by atoms with Crippen molar-refractivity contribution in [1.29, 1.82) is 0 Å². The maximum atomic E-state index is 11.8. The molecular formula is C11H16BrIN2O2S. The Morgan fingerprint density at radius 2 is 2.06 bits per heavy atom. The molecule has 0 amide bonds. The minimum Gasteiger partial charge on any atom is -0.320 e. The lowest BCUT2D eigenvalue weighted by atomic mass is 10.3.